The van der Waals surface area contributed by atoms with Gasteiger partial charge in [-0.05, 0) is 24.6 Å². The molecule has 0 aromatic heterocycles. The Morgan fingerprint density at radius 2 is 1.90 bits per heavy atom. The van der Waals surface area contributed by atoms with Crippen molar-refractivity contribution in [3.8, 4) is 0 Å². The molecule has 1 aliphatic rings. The van der Waals surface area contributed by atoms with Crippen LogP contribution in [0.2, 0.25) is 5.02 Å². The first-order chi connectivity index (χ1) is 9.33. The van der Waals surface area contributed by atoms with Gasteiger partial charge in [-0.15, -0.1) is 0 Å². The molecule has 5 nitrogen and oxygen atoms in total. The first-order valence-electron chi connectivity index (χ1n) is 6.35. The van der Waals surface area contributed by atoms with Gasteiger partial charge in [-0.1, -0.05) is 17.7 Å². The van der Waals surface area contributed by atoms with Gasteiger partial charge < -0.3 is 15.1 Å². The van der Waals surface area contributed by atoms with Gasteiger partial charge in [-0.25, -0.2) is 4.79 Å². The van der Waals surface area contributed by atoms with Crippen LogP contribution in [-0.4, -0.2) is 45.7 Å². The Labute approximate surface area is 121 Å². The number of benzene rings is 1. The second-order valence-electron chi connectivity index (χ2n) is 5.09. The maximum Gasteiger partial charge on any atom is 0.335 e. The number of aryl methyl sites for hydroxylation is 1. The molecule has 0 radical (unpaired) electrons. The molecule has 1 amide bonds. The summed E-state index contributed by atoms with van der Waals surface area (Å²) in [5.74, 6) is -1.42. The lowest BCUT2D eigenvalue weighted by molar-refractivity contribution is -0.162. The fraction of sp³-hybridized carbons (Fsp3) is 0.429. The van der Waals surface area contributed by atoms with Gasteiger partial charge in [0.05, 0.1) is 0 Å². The van der Waals surface area contributed by atoms with Crippen molar-refractivity contribution in [2.45, 2.75) is 25.4 Å². The number of aliphatic hydroxyl groups is 1. The topological polar surface area (TPSA) is 77.8 Å². The number of carbonyl (C=O) groups is 2. The summed E-state index contributed by atoms with van der Waals surface area (Å²) in [6, 6.07) is 5.09. The molecule has 6 heteroatoms. The lowest BCUT2D eigenvalue weighted by Gasteiger charge is -2.35. The highest BCUT2D eigenvalue weighted by molar-refractivity contribution is 6.31. The molecular weight excluding hydrogens is 282 g/mol. The fourth-order valence-electron chi connectivity index (χ4n) is 2.29. The van der Waals surface area contributed by atoms with Gasteiger partial charge in [-0.2, -0.15) is 0 Å². The van der Waals surface area contributed by atoms with Crippen LogP contribution in [0.1, 0.15) is 28.8 Å². The van der Waals surface area contributed by atoms with Crippen LogP contribution < -0.4 is 0 Å². The van der Waals surface area contributed by atoms with Gasteiger partial charge in [0.15, 0.2) is 5.60 Å². The van der Waals surface area contributed by atoms with Gasteiger partial charge in [0.25, 0.3) is 5.91 Å². The highest BCUT2D eigenvalue weighted by Gasteiger charge is 2.40. The SMILES string of the molecule is Cc1ccc(Cl)cc1C(=O)N1CCC(O)(C(=O)O)CC1. The monoisotopic (exact) mass is 297 g/mol. The lowest BCUT2D eigenvalue weighted by Crippen LogP contribution is -2.50. The molecule has 0 spiro atoms. The Morgan fingerprint density at radius 1 is 1.30 bits per heavy atom. The number of nitrogens with zero attached hydrogens (tertiary/aromatic N) is 1. The first-order valence-corrected chi connectivity index (χ1v) is 6.72. The molecule has 0 unspecified atom stereocenters. The van der Waals surface area contributed by atoms with Gasteiger partial charge in [0, 0.05) is 36.5 Å². The van der Waals surface area contributed by atoms with Crippen LogP contribution in [-0.2, 0) is 4.79 Å². The Bertz CT molecular complexity index is 550. The smallest absolute Gasteiger partial charge is 0.335 e. The van der Waals surface area contributed by atoms with Crippen LogP contribution >= 0.6 is 11.6 Å². The van der Waals surface area contributed by atoms with E-state index in [1.165, 1.54) is 0 Å². The molecule has 0 bridgehead atoms. The predicted molar refractivity (Wildman–Crippen MR) is 73.9 cm³/mol. The van der Waals surface area contributed by atoms with E-state index in [1.54, 1.807) is 23.1 Å². The second-order valence-corrected chi connectivity index (χ2v) is 5.52. The van der Waals surface area contributed by atoms with Crippen LogP contribution in [0, 0.1) is 6.92 Å². The number of hydrogen-bond donors (Lipinski definition) is 2. The summed E-state index contributed by atoms with van der Waals surface area (Å²) in [6.45, 7) is 2.25. The van der Waals surface area contributed by atoms with E-state index in [9.17, 15) is 14.7 Å². The van der Waals surface area contributed by atoms with Crippen LogP contribution in [0.3, 0.4) is 0 Å². The normalized spacial score (nSPS) is 17.9. The largest absolute Gasteiger partial charge is 0.479 e. The number of amides is 1. The second kappa shape index (κ2) is 5.42. The molecule has 1 aromatic rings. The highest BCUT2D eigenvalue weighted by atomic mass is 35.5. The average molecular weight is 298 g/mol. The van der Waals surface area contributed by atoms with E-state index < -0.39 is 11.6 Å². The quantitative estimate of drug-likeness (QED) is 0.871. The molecule has 108 valence electrons. The van der Waals surface area contributed by atoms with E-state index in [-0.39, 0.29) is 31.8 Å². The van der Waals surface area contributed by atoms with Gasteiger partial charge >= 0.3 is 5.97 Å². The highest BCUT2D eigenvalue weighted by Crippen LogP contribution is 2.25. The molecule has 0 atom stereocenters. The average Bonchev–Trinajstić information content (AvgIpc) is 2.41. The fourth-order valence-corrected chi connectivity index (χ4v) is 2.46. The molecule has 0 saturated carbocycles. The number of carboxylic acids is 1. The third-order valence-electron chi connectivity index (χ3n) is 3.71. The Hall–Kier alpha value is -1.59. The van der Waals surface area contributed by atoms with Gasteiger partial charge in [-0.3, -0.25) is 4.79 Å². The van der Waals surface area contributed by atoms with E-state index in [4.69, 9.17) is 16.7 Å². The molecule has 20 heavy (non-hydrogen) atoms. The third kappa shape index (κ3) is 2.78. The van der Waals surface area contributed by atoms with E-state index in [0.29, 0.717) is 10.6 Å². The van der Waals surface area contributed by atoms with Gasteiger partial charge in [0.2, 0.25) is 0 Å². The minimum absolute atomic E-state index is 0.0354. The van der Waals surface area contributed by atoms with Crippen LogP contribution in [0.25, 0.3) is 0 Å². The molecule has 2 rings (SSSR count). The Morgan fingerprint density at radius 3 is 2.45 bits per heavy atom. The van der Waals surface area contributed by atoms with E-state index >= 15 is 0 Å². The summed E-state index contributed by atoms with van der Waals surface area (Å²) in [5.41, 5.74) is -0.392. The number of likely N-dealkylation sites (tertiary alicyclic amines) is 1. The summed E-state index contributed by atoms with van der Waals surface area (Å²) in [7, 11) is 0. The van der Waals surface area contributed by atoms with Crippen molar-refractivity contribution in [1.82, 2.24) is 4.90 Å². The minimum atomic E-state index is -1.72. The van der Waals surface area contributed by atoms with Crippen molar-refractivity contribution < 1.29 is 19.8 Å². The zero-order valence-electron chi connectivity index (χ0n) is 11.1. The van der Waals surface area contributed by atoms with Crippen molar-refractivity contribution in [3.63, 3.8) is 0 Å². The molecular formula is C14H16ClNO4. The summed E-state index contributed by atoms with van der Waals surface area (Å²) in [5, 5.41) is 19.3. The lowest BCUT2D eigenvalue weighted by atomic mass is 9.91. The number of hydrogen-bond acceptors (Lipinski definition) is 3. The molecule has 1 aliphatic heterocycles. The van der Waals surface area contributed by atoms with Crippen molar-refractivity contribution in [2.24, 2.45) is 0 Å². The van der Waals surface area contributed by atoms with E-state index in [0.717, 1.165) is 5.56 Å². The number of piperidine rings is 1. The number of halogens is 1. The van der Waals surface area contributed by atoms with Crippen molar-refractivity contribution in [2.75, 3.05) is 13.1 Å². The zero-order chi connectivity index (χ0) is 14.9. The first kappa shape index (κ1) is 14.8. The summed E-state index contributed by atoms with van der Waals surface area (Å²) in [4.78, 5) is 24.9. The van der Waals surface area contributed by atoms with Crippen molar-refractivity contribution in [1.29, 1.82) is 0 Å². The zero-order valence-corrected chi connectivity index (χ0v) is 11.9. The molecule has 1 heterocycles. The van der Waals surface area contributed by atoms with E-state index in [2.05, 4.69) is 0 Å². The minimum Gasteiger partial charge on any atom is -0.479 e. The van der Waals surface area contributed by atoms with Crippen molar-refractivity contribution in [3.05, 3.63) is 34.3 Å². The molecule has 2 N–H and O–H groups in total. The van der Waals surface area contributed by atoms with Crippen LogP contribution in [0.15, 0.2) is 18.2 Å². The summed E-state index contributed by atoms with van der Waals surface area (Å²) in [6.07, 6.45) is 0.0708. The van der Waals surface area contributed by atoms with Gasteiger partial charge in [0.1, 0.15) is 0 Å². The maximum absolute atomic E-state index is 12.4. The van der Waals surface area contributed by atoms with Crippen molar-refractivity contribution >= 4 is 23.5 Å². The number of carbonyl (C=O) groups excluding carboxylic acids is 1. The molecule has 1 aromatic carbocycles. The summed E-state index contributed by atoms with van der Waals surface area (Å²) < 4.78 is 0. The third-order valence-corrected chi connectivity index (χ3v) is 3.94. The number of carboxylic acid groups (broad SMARTS) is 1. The Balaban J connectivity index is 2.13. The van der Waals surface area contributed by atoms with Crippen LogP contribution in [0.4, 0.5) is 0 Å². The standard InChI is InChI=1S/C14H16ClNO4/c1-9-2-3-10(15)8-11(9)12(17)16-6-4-14(20,5-7-16)13(18)19/h2-3,8,20H,4-7H2,1H3,(H,18,19). The van der Waals surface area contributed by atoms with Crippen LogP contribution in [0.5, 0.6) is 0 Å². The molecule has 1 saturated heterocycles. The van der Waals surface area contributed by atoms with E-state index in [1.807, 2.05) is 6.92 Å². The molecule has 0 aliphatic carbocycles. The predicted octanol–water partition coefficient (Wildman–Crippen LogP) is 1.70. The summed E-state index contributed by atoms with van der Waals surface area (Å²) >= 11 is 5.90. The number of rotatable bonds is 2. The molecule has 1 fully saturated rings. The Kier molecular flexibility index (Phi) is 4.01. The number of aliphatic carboxylic acids is 1. The maximum atomic E-state index is 12.4.